The molecule has 2 aliphatic heterocycles. The van der Waals surface area contributed by atoms with Gasteiger partial charge >= 0.3 is 0 Å². The number of aliphatic imine (C=N–C) groups is 1. The van der Waals surface area contributed by atoms with Crippen LogP contribution >= 0.6 is 24.0 Å². The normalized spacial score (nSPS) is 19.2. The summed E-state index contributed by atoms with van der Waals surface area (Å²) < 4.78 is 5.44. The number of benzene rings is 1. The molecular formula is C23H40IN5O. The van der Waals surface area contributed by atoms with Crippen LogP contribution < -0.4 is 10.2 Å². The SMILES string of the molecule is CN=C(NCC(C)CN1CCOCC1)N(C)Cc1ccc(N2CCCCC2)cc1.I. The van der Waals surface area contributed by atoms with Gasteiger partial charge in [-0.05, 0) is 42.9 Å². The van der Waals surface area contributed by atoms with Gasteiger partial charge in [0.25, 0.3) is 0 Å². The predicted molar refractivity (Wildman–Crippen MR) is 137 cm³/mol. The van der Waals surface area contributed by atoms with Crippen molar-refractivity contribution in [3.05, 3.63) is 29.8 Å². The topological polar surface area (TPSA) is 43.3 Å². The van der Waals surface area contributed by atoms with Crippen LogP contribution in [0.2, 0.25) is 0 Å². The highest BCUT2D eigenvalue weighted by Gasteiger charge is 2.15. The smallest absolute Gasteiger partial charge is 0.193 e. The van der Waals surface area contributed by atoms with E-state index < -0.39 is 0 Å². The summed E-state index contributed by atoms with van der Waals surface area (Å²) in [5.41, 5.74) is 2.67. The maximum absolute atomic E-state index is 5.44. The van der Waals surface area contributed by atoms with Gasteiger partial charge < -0.3 is 19.9 Å². The van der Waals surface area contributed by atoms with Gasteiger partial charge in [0.1, 0.15) is 0 Å². The number of nitrogens with one attached hydrogen (secondary N) is 1. The van der Waals surface area contributed by atoms with E-state index in [9.17, 15) is 0 Å². The van der Waals surface area contributed by atoms with Crippen LogP contribution in [0.15, 0.2) is 29.3 Å². The van der Waals surface area contributed by atoms with E-state index >= 15 is 0 Å². The maximum Gasteiger partial charge on any atom is 0.193 e. The Hall–Kier alpha value is -1.06. The molecule has 0 bridgehead atoms. The molecule has 1 N–H and O–H groups in total. The van der Waals surface area contributed by atoms with Gasteiger partial charge in [-0.2, -0.15) is 0 Å². The van der Waals surface area contributed by atoms with Crippen LogP contribution in [-0.4, -0.2) is 82.3 Å². The summed E-state index contributed by atoms with van der Waals surface area (Å²) in [6.45, 7) is 11.4. The number of guanidine groups is 1. The van der Waals surface area contributed by atoms with E-state index in [2.05, 4.69) is 63.2 Å². The molecule has 0 radical (unpaired) electrons. The second-order valence-electron chi connectivity index (χ2n) is 8.52. The van der Waals surface area contributed by atoms with Crippen LogP contribution in [0.5, 0.6) is 0 Å². The van der Waals surface area contributed by atoms with E-state index in [0.29, 0.717) is 5.92 Å². The number of ether oxygens (including phenoxy) is 1. The molecule has 2 aliphatic rings. The van der Waals surface area contributed by atoms with Crippen molar-refractivity contribution in [3.63, 3.8) is 0 Å². The third-order valence-corrected chi connectivity index (χ3v) is 5.93. The fourth-order valence-corrected chi connectivity index (χ4v) is 4.25. The first-order valence-electron chi connectivity index (χ1n) is 11.2. The lowest BCUT2D eigenvalue weighted by molar-refractivity contribution is 0.0320. The number of hydrogen-bond donors (Lipinski definition) is 1. The molecular weight excluding hydrogens is 489 g/mol. The maximum atomic E-state index is 5.44. The first-order chi connectivity index (χ1) is 14.2. The van der Waals surface area contributed by atoms with Crippen LogP contribution in [0.3, 0.4) is 0 Å². The Morgan fingerprint density at radius 2 is 1.77 bits per heavy atom. The molecule has 0 aromatic heterocycles. The number of anilines is 1. The van der Waals surface area contributed by atoms with Gasteiger partial charge in [0, 0.05) is 65.6 Å². The lowest BCUT2D eigenvalue weighted by Crippen LogP contribution is -2.44. The molecule has 1 aromatic carbocycles. The van der Waals surface area contributed by atoms with Gasteiger partial charge in [-0.1, -0.05) is 19.1 Å². The molecule has 2 fully saturated rings. The van der Waals surface area contributed by atoms with E-state index in [1.807, 2.05) is 7.05 Å². The zero-order valence-corrected chi connectivity index (χ0v) is 21.3. The quantitative estimate of drug-likeness (QED) is 0.334. The van der Waals surface area contributed by atoms with Crippen molar-refractivity contribution in [2.24, 2.45) is 10.9 Å². The van der Waals surface area contributed by atoms with Gasteiger partial charge in [0.05, 0.1) is 13.2 Å². The summed E-state index contributed by atoms with van der Waals surface area (Å²) in [7, 11) is 3.98. The van der Waals surface area contributed by atoms with E-state index in [1.165, 1.54) is 43.6 Å². The van der Waals surface area contributed by atoms with Crippen molar-refractivity contribution >= 4 is 35.6 Å². The highest BCUT2D eigenvalue weighted by Crippen LogP contribution is 2.20. The predicted octanol–water partition coefficient (Wildman–Crippen LogP) is 3.27. The second-order valence-corrected chi connectivity index (χ2v) is 8.52. The van der Waals surface area contributed by atoms with Crippen molar-refractivity contribution in [1.29, 1.82) is 0 Å². The minimum absolute atomic E-state index is 0. The molecule has 2 saturated heterocycles. The summed E-state index contributed by atoms with van der Waals surface area (Å²) in [6.07, 6.45) is 4.00. The molecule has 0 aliphatic carbocycles. The van der Waals surface area contributed by atoms with Gasteiger partial charge in [-0.15, -0.1) is 24.0 Å². The first-order valence-corrected chi connectivity index (χ1v) is 11.2. The second kappa shape index (κ2) is 13.4. The van der Waals surface area contributed by atoms with Crippen LogP contribution in [-0.2, 0) is 11.3 Å². The molecule has 0 spiro atoms. The molecule has 30 heavy (non-hydrogen) atoms. The van der Waals surface area contributed by atoms with Gasteiger partial charge in [-0.3, -0.25) is 9.89 Å². The summed E-state index contributed by atoms with van der Waals surface area (Å²) >= 11 is 0. The molecule has 7 heteroatoms. The number of piperidine rings is 1. The Balaban J connectivity index is 0.00000320. The summed E-state index contributed by atoms with van der Waals surface area (Å²) in [4.78, 5) is 11.7. The fourth-order valence-electron chi connectivity index (χ4n) is 4.25. The highest BCUT2D eigenvalue weighted by molar-refractivity contribution is 14.0. The van der Waals surface area contributed by atoms with Gasteiger partial charge in [-0.25, -0.2) is 0 Å². The molecule has 1 aromatic rings. The van der Waals surface area contributed by atoms with Crippen molar-refractivity contribution < 1.29 is 4.74 Å². The summed E-state index contributed by atoms with van der Waals surface area (Å²) in [5, 5.41) is 3.55. The molecule has 6 nitrogen and oxygen atoms in total. The summed E-state index contributed by atoms with van der Waals surface area (Å²) in [5.74, 6) is 1.53. The highest BCUT2D eigenvalue weighted by atomic mass is 127. The van der Waals surface area contributed by atoms with E-state index in [4.69, 9.17) is 4.74 Å². The number of nitrogens with zero attached hydrogens (tertiary/aromatic N) is 4. The first kappa shape index (κ1) is 25.2. The van der Waals surface area contributed by atoms with E-state index in [-0.39, 0.29) is 24.0 Å². The van der Waals surface area contributed by atoms with Crippen molar-refractivity contribution in [2.75, 3.05) is 71.5 Å². The molecule has 0 saturated carbocycles. The molecule has 0 amide bonds. The Morgan fingerprint density at radius 1 is 1.10 bits per heavy atom. The van der Waals surface area contributed by atoms with Crippen LogP contribution in [0.1, 0.15) is 31.7 Å². The molecule has 170 valence electrons. The molecule has 2 heterocycles. The summed E-state index contributed by atoms with van der Waals surface area (Å²) in [6, 6.07) is 9.06. The average Bonchev–Trinajstić information content (AvgIpc) is 2.76. The number of hydrogen-bond acceptors (Lipinski definition) is 4. The van der Waals surface area contributed by atoms with Gasteiger partial charge in [0.15, 0.2) is 5.96 Å². The Kier molecular flexibility index (Phi) is 11.2. The average molecular weight is 530 g/mol. The molecule has 1 unspecified atom stereocenters. The lowest BCUT2D eigenvalue weighted by atomic mass is 10.1. The zero-order valence-electron chi connectivity index (χ0n) is 19.0. The van der Waals surface area contributed by atoms with Crippen molar-refractivity contribution in [2.45, 2.75) is 32.7 Å². The molecule has 1 atom stereocenters. The standard InChI is InChI=1S/C23H39N5O.HI/c1-20(18-27-13-15-29-16-14-27)17-25-23(24-2)26(3)19-21-7-9-22(10-8-21)28-11-5-4-6-12-28;/h7-10,20H,4-6,11-19H2,1-3H3,(H,24,25);1H. The minimum Gasteiger partial charge on any atom is -0.379 e. The Bertz CT molecular complexity index is 627. The molecule has 3 rings (SSSR count). The van der Waals surface area contributed by atoms with Crippen LogP contribution in [0.4, 0.5) is 5.69 Å². The third-order valence-electron chi connectivity index (χ3n) is 5.93. The van der Waals surface area contributed by atoms with E-state index in [1.54, 1.807) is 0 Å². The Labute approximate surface area is 200 Å². The zero-order chi connectivity index (χ0) is 20.5. The monoisotopic (exact) mass is 529 g/mol. The fraction of sp³-hybridized carbons (Fsp3) is 0.696. The van der Waals surface area contributed by atoms with Gasteiger partial charge in [0.2, 0.25) is 0 Å². The van der Waals surface area contributed by atoms with Crippen molar-refractivity contribution in [1.82, 2.24) is 15.1 Å². The lowest BCUT2D eigenvalue weighted by Gasteiger charge is -2.30. The number of rotatable bonds is 7. The van der Waals surface area contributed by atoms with Crippen LogP contribution in [0, 0.1) is 5.92 Å². The largest absolute Gasteiger partial charge is 0.379 e. The minimum atomic E-state index is 0. The van der Waals surface area contributed by atoms with Crippen LogP contribution in [0.25, 0.3) is 0 Å². The van der Waals surface area contributed by atoms with Crippen molar-refractivity contribution in [3.8, 4) is 0 Å². The Morgan fingerprint density at radius 3 is 2.40 bits per heavy atom. The van der Waals surface area contributed by atoms with E-state index in [0.717, 1.165) is 51.9 Å². The number of morpholine rings is 1. The third kappa shape index (κ3) is 7.89. The number of halogens is 1.